The molecule has 4 rings (SSSR count). The Balaban J connectivity index is 2.16. The highest BCUT2D eigenvalue weighted by atomic mass is 16.3. The zero-order valence-electron chi connectivity index (χ0n) is 14.0. The van der Waals surface area contributed by atoms with Crippen LogP contribution in [-0.2, 0) is 0 Å². The quantitative estimate of drug-likeness (QED) is 0.568. The number of carbonyl (C=O) groups is 1. The van der Waals surface area contributed by atoms with E-state index < -0.39 is 0 Å². The number of nitrogens with zero attached hydrogens (tertiary/aromatic N) is 3. The van der Waals surface area contributed by atoms with E-state index in [0.29, 0.717) is 17.1 Å². The highest BCUT2D eigenvalue weighted by Crippen LogP contribution is 2.33. The molecule has 0 aliphatic heterocycles. The molecule has 0 bridgehead atoms. The summed E-state index contributed by atoms with van der Waals surface area (Å²) in [6.45, 7) is 1.51. The van der Waals surface area contributed by atoms with E-state index in [0.717, 1.165) is 16.6 Å². The summed E-state index contributed by atoms with van der Waals surface area (Å²) in [6, 6.07) is 20.2. The average molecular weight is 341 g/mol. The van der Waals surface area contributed by atoms with Gasteiger partial charge in [-0.05, 0) is 42.5 Å². The second-order valence-corrected chi connectivity index (χ2v) is 6.00. The molecule has 5 heteroatoms. The van der Waals surface area contributed by atoms with Gasteiger partial charge >= 0.3 is 0 Å². The molecule has 4 aromatic rings. The molecule has 2 heterocycles. The highest BCUT2D eigenvalue weighted by molar-refractivity contribution is 5.96. The molecule has 0 amide bonds. The number of hydrogen-bond acceptors (Lipinski definition) is 3. The number of Topliss-reactive ketones (excluding diaryl/α,β-unsaturated/α-hetero) is 1. The Morgan fingerprint density at radius 1 is 1.04 bits per heavy atom. The molecule has 126 valence electrons. The van der Waals surface area contributed by atoms with Crippen molar-refractivity contribution in [2.45, 2.75) is 6.92 Å². The summed E-state index contributed by atoms with van der Waals surface area (Å²) in [5, 5.41) is 20.3. The minimum Gasteiger partial charge on any atom is -0.508 e. The fourth-order valence-electron chi connectivity index (χ4n) is 3.28. The van der Waals surface area contributed by atoms with Crippen molar-refractivity contribution in [1.29, 1.82) is 5.26 Å². The lowest BCUT2D eigenvalue weighted by Crippen LogP contribution is -2.10. The lowest BCUT2D eigenvalue weighted by Gasteiger charge is -2.14. The van der Waals surface area contributed by atoms with Crippen LogP contribution in [0.15, 0.2) is 66.9 Å². The van der Waals surface area contributed by atoms with Crippen molar-refractivity contribution in [1.82, 2.24) is 9.13 Å². The molecule has 0 fully saturated rings. The number of carbonyl (C=O) groups excluding carboxylic acids is 1. The number of benzene rings is 2. The van der Waals surface area contributed by atoms with Crippen molar-refractivity contribution in [2.75, 3.05) is 0 Å². The number of hydrogen-bond donors (Lipinski definition) is 1. The molecule has 0 spiro atoms. The Labute approximate surface area is 150 Å². The monoisotopic (exact) mass is 341 g/mol. The summed E-state index contributed by atoms with van der Waals surface area (Å²) in [7, 11) is 0. The maximum atomic E-state index is 12.1. The third-order valence-corrected chi connectivity index (χ3v) is 4.41. The zero-order chi connectivity index (χ0) is 18.3. The van der Waals surface area contributed by atoms with Crippen LogP contribution in [0, 0.1) is 11.3 Å². The first-order chi connectivity index (χ1) is 12.6. The van der Waals surface area contributed by atoms with Crippen molar-refractivity contribution in [2.24, 2.45) is 0 Å². The first-order valence-corrected chi connectivity index (χ1v) is 8.13. The highest BCUT2D eigenvalue weighted by Gasteiger charge is 2.22. The van der Waals surface area contributed by atoms with Crippen LogP contribution < -0.4 is 0 Å². The standard InChI is InChI=1S/C21H15N3O2/c1-14(25)19-7-4-12-23(19)21-18(13-22)17-5-2-3-6-20(17)24(21)15-8-10-16(26)11-9-15/h2-12,26H,1H3. The largest absolute Gasteiger partial charge is 0.508 e. The fourth-order valence-corrected chi connectivity index (χ4v) is 3.28. The molecule has 1 N–H and O–H groups in total. The van der Waals surface area contributed by atoms with E-state index >= 15 is 0 Å². The van der Waals surface area contributed by atoms with E-state index in [2.05, 4.69) is 6.07 Å². The number of nitriles is 1. The van der Waals surface area contributed by atoms with Gasteiger partial charge in [0.15, 0.2) is 5.78 Å². The number of fused-ring (bicyclic) bond motifs is 1. The molecule has 26 heavy (non-hydrogen) atoms. The molecule has 0 aliphatic rings. The van der Waals surface area contributed by atoms with Crippen LogP contribution in [0.5, 0.6) is 5.75 Å². The summed E-state index contributed by atoms with van der Waals surface area (Å²) in [4.78, 5) is 12.1. The van der Waals surface area contributed by atoms with E-state index in [9.17, 15) is 15.2 Å². The van der Waals surface area contributed by atoms with Crippen molar-refractivity contribution >= 4 is 16.7 Å². The van der Waals surface area contributed by atoms with Gasteiger partial charge < -0.3 is 5.11 Å². The van der Waals surface area contributed by atoms with E-state index in [1.807, 2.05) is 28.8 Å². The second-order valence-electron chi connectivity index (χ2n) is 6.00. The van der Waals surface area contributed by atoms with Crippen LogP contribution in [-0.4, -0.2) is 20.0 Å². The topological polar surface area (TPSA) is 71.0 Å². The van der Waals surface area contributed by atoms with Gasteiger partial charge in [0.1, 0.15) is 23.2 Å². The third-order valence-electron chi connectivity index (χ3n) is 4.41. The zero-order valence-corrected chi connectivity index (χ0v) is 14.0. The molecule has 0 unspecified atom stereocenters. The Morgan fingerprint density at radius 2 is 1.77 bits per heavy atom. The fraction of sp³-hybridized carbons (Fsp3) is 0.0476. The number of ketones is 1. The normalized spacial score (nSPS) is 10.8. The summed E-state index contributed by atoms with van der Waals surface area (Å²) in [5.74, 6) is 0.689. The van der Waals surface area contributed by atoms with Gasteiger partial charge in [0.25, 0.3) is 0 Å². The summed E-state index contributed by atoms with van der Waals surface area (Å²) < 4.78 is 3.67. The molecule has 0 saturated heterocycles. The second kappa shape index (κ2) is 5.94. The summed E-state index contributed by atoms with van der Waals surface area (Å²) in [5.41, 5.74) is 2.64. The van der Waals surface area contributed by atoms with Gasteiger partial charge in [-0.3, -0.25) is 13.9 Å². The lowest BCUT2D eigenvalue weighted by atomic mass is 10.2. The molecule has 5 nitrogen and oxygen atoms in total. The van der Waals surface area contributed by atoms with Gasteiger partial charge in [0, 0.05) is 24.2 Å². The SMILES string of the molecule is CC(=O)c1cccn1-c1c(C#N)c2ccccc2n1-c1ccc(O)cc1. The predicted molar refractivity (Wildman–Crippen MR) is 99.0 cm³/mol. The predicted octanol–water partition coefficient (Wildman–Crippen LogP) is 4.20. The van der Waals surface area contributed by atoms with Gasteiger partial charge in [-0.1, -0.05) is 18.2 Å². The van der Waals surface area contributed by atoms with Crippen molar-refractivity contribution in [3.8, 4) is 23.3 Å². The van der Waals surface area contributed by atoms with Crippen LogP contribution in [0.25, 0.3) is 22.4 Å². The molecular weight excluding hydrogens is 326 g/mol. The first-order valence-electron chi connectivity index (χ1n) is 8.13. The number of phenolic OH excluding ortho intramolecular Hbond substituents is 1. The van der Waals surface area contributed by atoms with Crippen LogP contribution >= 0.6 is 0 Å². The van der Waals surface area contributed by atoms with Gasteiger partial charge in [-0.2, -0.15) is 5.26 Å². The van der Waals surface area contributed by atoms with E-state index in [1.54, 1.807) is 47.2 Å². The smallest absolute Gasteiger partial charge is 0.176 e. The van der Waals surface area contributed by atoms with Crippen molar-refractivity contribution < 1.29 is 9.90 Å². The van der Waals surface area contributed by atoms with Gasteiger partial charge in [0.05, 0.1) is 11.2 Å². The molecule has 2 aromatic carbocycles. The lowest BCUT2D eigenvalue weighted by molar-refractivity contribution is 0.101. The minimum absolute atomic E-state index is 0.0820. The third kappa shape index (κ3) is 2.28. The molecule has 0 aliphatic carbocycles. The Bertz CT molecular complexity index is 1170. The molecule has 0 radical (unpaired) electrons. The van der Waals surface area contributed by atoms with Crippen LogP contribution in [0.4, 0.5) is 0 Å². The number of aromatic nitrogens is 2. The minimum atomic E-state index is -0.0820. The molecular formula is C21H15N3O2. The van der Waals surface area contributed by atoms with E-state index in [-0.39, 0.29) is 11.5 Å². The van der Waals surface area contributed by atoms with Crippen LogP contribution in [0.2, 0.25) is 0 Å². The molecule has 0 atom stereocenters. The maximum Gasteiger partial charge on any atom is 0.176 e. The number of rotatable bonds is 3. The van der Waals surface area contributed by atoms with Crippen LogP contribution in [0.3, 0.4) is 0 Å². The Morgan fingerprint density at radius 3 is 2.46 bits per heavy atom. The summed E-state index contributed by atoms with van der Waals surface area (Å²) in [6.07, 6.45) is 1.78. The molecule has 2 aromatic heterocycles. The first kappa shape index (κ1) is 15.7. The number of phenols is 1. The van der Waals surface area contributed by atoms with Crippen LogP contribution in [0.1, 0.15) is 23.0 Å². The maximum absolute atomic E-state index is 12.1. The number of aromatic hydroxyl groups is 1. The number of para-hydroxylation sites is 1. The van der Waals surface area contributed by atoms with Gasteiger partial charge in [-0.15, -0.1) is 0 Å². The van der Waals surface area contributed by atoms with E-state index in [4.69, 9.17) is 0 Å². The van der Waals surface area contributed by atoms with Crippen molar-refractivity contribution in [3.05, 3.63) is 78.1 Å². The average Bonchev–Trinajstić information content (AvgIpc) is 3.24. The van der Waals surface area contributed by atoms with Gasteiger partial charge in [0.2, 0.25) is 0 Å². The van der Waals surface area contributed by atoms with E-state index in [1.165, 1.54) is 6.92 Å². The Kier molecular flexibility index (Phi) is 3.59. The Hall–Kier alpha value is -3.78. The molecule has 0 saturated carbocycles. The summed E-state index contributed by atoms with van der Waals surface area (Å²) >= 11 is 0. The van der Waals surface area contributed by atoms with Crippen molar-refractivity contribution in [3.63, 3.8) is 0 Å². The van der Waals surface area contributed by atoms with Gasteiger partial charge in [-0.25, -0.2) is 0 Å².